The number of rotatable bonds is 7. The lowest BCUT2D eigenvalue weighted by molar-refractivity contribution is -0.140. The lowest BCUT2D eigenvalue weighted by atomic mass is 10.0. The summed E-state index contributed by atoms with van der Waals surface area (Å²) in [6, 6.07) is 7.24. The molecule has 0 saturated carbocycles. The molecule has 0 heterocycles. The Balaban J connectivity index is 2.85. The van der Waals surface area contributed by atoms with E-state index >= 15 is 0 Å². The number of carbonyl (C=O) groups excluding carboxylic acids is 2. The number of methoxy groups -OCH3 is 1. The molecule has 0 amide bonds. The average molecular weight is 276 g/mol. The summed E-state index contributed by atoms with van der Waals surface area (Å²) < 4.78 is 10.0. The van der Waals surface area contributed by atoms with E-state index in [1.807, 2.05) is 25.1 Å². The van der Waals surface area contributed by atoms with Crippen molar-refractivity contribution in [2.75, 3.05) is 13.7 Å². The maximum absolute atomic E-state index is 12.2. The van der Waals surface area contributed by atoms with E-state index in [1.54, 1.807) is 26.2 Å². The number of ether oxygens (including phenoxy) is 2. The Morgan fingerprint density at radius 1 is 1.25 bits per heavy atom. The van der Waals surface area contributed by atoms with Gasteiger partial charge in [0.1, 0.15) is 5.75 Å². The molecule has 0 aromatic heterocycles. The Labute approximate surface area is 119 Å². The smallest absolute Gasteiger partial charge is 0.341 e. The third-order valence-corrected chi connectivity index (χ3v) is 2.70. The summed E-state index contributed by atoms with van der Waals surface area (Å²) in [5.74, 6) is -0.103. The molecular weight excluding hydrogens is 256 g/mol. The van der Waals surface area contributed by atoms with Gasteiger partial charge in [0.05, 0.1) is 19.3 Å². The Morgan fingerprint density at radius 2 is 2.00 bits per heavy atom. The molecule has 4 heteroatoms. The second-order valence-corrected chi connectivity index (χ2v) is 4.20. The number of benzene rings is 1. The fraction of sp³-hybridized carbons (Fsp3) is 0.375. The standard InChI is InChI=1S/C16H20O4/c1-4-7-14(16(18)20-5-2)15(17)11-12-8-6-9-13(10-12)19-3/h6-10H,4-5,11H2,1-3H3. The predicted octanol–water partition coefficient (Wildman–Crippen LogP) is 2.71. The molecule has 108 valence electrons. The number of Topliss-reactive ketones (excluding diaryl/α,β-unsaturated/α-hetero) is 1. The van der Waals surface area contributed by atoms with Crippen molar-refractivity contribution in [3.63, 3.8) is 0 Å². The quantitative estimate of drug-likeness (QED) is 0.332. The van der Waals surface area contributed by atoms with Gasteiger partial charge in [-0.1, -0.05) is 25.1 Å². The van der Waals surface area contributed by atoms with Crippen LogP contribution in [0.25, 0.3) is 0 Å². The first-order chi connectivity index (χ1) is 9.62. The number of hydrogen-bond donors (Lipinski definition) is 0. The molecule has 0 fully saturated rings. The predicted molar refractivity (Wildman–Crippen MR) is 76.7 cm³/mol. The van der Waals surface area contributed by atoms with Gasteiger partial charge in [0.2, 0.25) is 0 Å². The third kappa shape index (κ3) is 4.53. The van der Waals surface area contributed by atoms with Crippen molar-refractivity contribution in [1.29, 1.82) is 0 Å². The minimum absolute atomic E-state index is 0.122. The van der Waals surface area contributed by atoms with Crippen LogP contribution >= 0.6 is 0 Å². The highest BCUT2D eigenvalue weighted by atomic mass is 16.5. The number of ketones is 1. The van der Waals surface area contributed by atoms with Crippen molar-refractivity contribution < 1.29 is 19.1 Å². The summed E-state index contributed by atoms with van der Waals surface area (Å²) in [7, 11) is 1.57. The van der Waals surface area contributed by atoms with E-state index in [-0.39, 0.29) is 24.4 Å². The van der Waals surface area contributed by atoms with E-state index in [2.05, 4.69) is 0 Å². The van der Waals surface area contributed by atoms with E-state index in [9.17, 15) is 9.59 Å². The van der Waals surface area contributed by atoms with Gasteiger partial charge in [-0.3, -0.25) is 4.79 Å². The normalized spacial score (nSPS) is 11.1. The van der Waals surface area contributed by atoms with Gasteiger partial charge in [-0.15, -0.1) is 0 Å². The van der Waals surface area contributed by atoms with Crippen molar-refractivity contribution in [2.45, 2.75) is 26.7 Å². The van der Waals surface area contributed by atoms with Gasteiger partial charge in [0.15, 0.2) is 5.78 Å². The Kier molecular flexibility index (Phi) is 6.50. The SMILES string of the molecule is CCC=C(C(=O)Cc1cccc(OC)c1)C(=O)OCC. The Hall–Kier alpha value is -2.10. The molecule has 1 aromatic rings. The minimum atomic E-state index is -0.553. The van der Waals surface area contributed by atoms with Gasteiger partial charge in [-0.05, 0) is 31.0 Å². The summed E-state index contributed by atoms with van der Waals surface area (Å²) in [6.07, 6.45) is 2.38. The van der Waals surface area contributed by atoms with Gasteiger partial charge in [0, 0.05) is 6.42 Å². The molecule has 20 heavy (non-hydrogen) atoms. The topological polar surface area (TPSA) is 52.6 Å². The molecule has 1 aromatic carbocycles. The van der Waals surface area contributed by atoms with Gasteiger partial charge in [-0.25, -0.2) is 4.79 Å². The van der Waals surface area contributed by atoms with Crippen LogP contribution in [0, 0.1) is 0 Å². The van der Waals surface area contributed by atoms with Crippen LogP contribution in [0.4, 0.5) is 0 Å². The molecule has 4 nitrogen and oxygen atoms in total. The summed E-state index contributed by atoms with van der Waals surface area (Å²) >= 11 is 0. The van der Waals surface area contributed by atoms with Crippen LogP contribution < -0.4 is 4.74 Å². The van der Waals surface area contributed by atoms with Crippen LogP contribution in [0.15, 0.2) is 35.9 Å². The van der Waals surface area contributed by atoms with Crippen LogP contribution in [0.2, 0.25) is 0 Å². The van der Waals surface area contributed by atoms with Crippen molar-refractivity contribution >= 4 is 11.8 Å². The van der Waals surface area contributed by atoms with E-state index in [4.69, 9.17) is 9.47 Å². The van der Waals surface area contributed by atoms with Gasteiger partial charge in [-0.2, -0.15) is 0 Å². The summed E-state index contributed by atoms with van der Waals surface area (Å²) in [4.78, 5) is 24.0. The van der Waals surface area contributed by atoms with E-state index in [1.165, 1.54) is 0 Å². The van der Waals surface area contributed by atoms with Crippen molar-refractivity contribution in [1.82, 2.24) is 0 Å². The molecule has 0 bridgehead atoms. The number of carbonyl (C=O) groups is 2. The maximum atomic E-state index is 12.2. The van der Waals surface area contributed by atoms with Crippen molar-refractivity contribution in [2.24, 2.45) is 0 Å². The molecule has 0 aliphatic carbocycles. The van der Waals surface area contributed by atoms with Crippen LogP contribution in [-0.2, 0) is 20.7 Å². The summed E-state index contributed by atoms with van der Waals surface area (Å²) in [5.41, 5.74) is 0.929. The number of hydrogen-bond acceptors (Lipinski definition) is 4. The summed E-state index contributed by atoms with van der Waals surface area (Å²) in [6.45, 7) is 3.85. The molecule has 0 saturated heterocycles. The van der Waals surface area contributed by atoms with Crippen molar-refractivity contribution in [3.8, 4) is 5.75 Å². The third-order valence-electron chi connectivity index (χ3n) is 2.70. The average Bonchev–Trinajstić information content (AvgIpc) is 2.45. The zero-order valence-electron chi connectivity index (χ0n) is 12.1. The monoisotopic (exact) mass is 276 g/mol. The highest BCUT2D eigenvalue weighted by Gasteiger charge is 2.19. The van der Waals surface area contributed by atoms with E-state index in [0.29, 0.717) is 12.2 Å². The first-order valence-corrected chi connectivity index (χ1v) is 6.65. The first-order valence-electron chi connectivity index (χ1n) is 6.65. The summed E-state index contributed by atoms with van der Waals surface area (Å²) in [5, 5.41) is 0. The molecule has 0 N–H and O–H groups in total. The zero-order valence-corrected chi connectivity index (χ0v) is 12.1. The van der Waals surface area contributed by atoms with Crippen LogP contribution in [-0.4, -0.2) is 25.5 Å². The molecule has 0 spiro atoms. The molecule has 0 radical (unpaired) electrons. The fourth-order valence-electron chi connectivity index (χ4n) is 1.79. The number of esters is 1. The zero-order chi connectivity index (χ0) is 15.0. The van der Waals surface area contributed by atoms with Crippen LogP contribution in [0.3, 0.4) is 0 Å². The van der Waals surface area contributed by atoms with E-state index in [0.717, 1.165) is 5.56 Å². The Bertz CT molecular complexity index is 503. The van der Waals surface area contributed by atoms with Crippen molar-refractivity contribution in [3.05, 3.63) is 41.5 Å². The van der Waals surface area contributed by atoms with Gasteiger partial charge >= 0.3 is 5.97 Å². The molecule has 0 atom stereocenters. The Morgan fingerprint density at radius 3 is 2.60 bits per heavy atom. The molecule has 0 aliphatic rings. The highest BCUT2D eigenvalue weighted by Crippen LogP contribution is 2.15. The highest BCUT2D eigenvalue weighted by molar-refractivity contribution is 6.17. The molecule has 0 aliphatic heterocycles. The largest absolute Gasteiger partial charge is 0.497 e. The second kappa shape index (κ2) is 8.15. The second-order valence-electron chi connectivity index (χ2n) is 4.20. The molecule has 1 rings (SSSR count). The number of allylic oxidation sites excluding steroid dienone is 1. The van der Waals surface area contributed by atoms with Gasteiger partial charge < -0.3 is 9.47 Å². The fourth-order valence-corrected chi connectivity index (χ4v) is 1.79. The van der Waals surface area contributed by atoms with E-state index < -0.39 is 5.97 Å². The molecule has 0 unspecified atom stereocenters. The van der Waals surface area contributed by atoms with Crippen LogP contribution in [0.5, 0.6) is 5.75 Å². The first kappa shape index (κ1) is 16.0. The maximum Gasteiger partial charge on any atom is 0.341 e. The van der Waals surface area contributed by atoms with Gasteiger partial charge in [0.25, 0.3) is 0 Å². The molecular formula is C16H20O4. The lowest BCUT2D eigenvalue weighted by Gasteiger charge is -2.07. The van der Waals surface area contributed by atoms with Crippen LogP contribution in [0.1, 0.15) is 25.8 Å². The minimum Gasteiger partial charge on any atom is -0.497 e. The lowest BCUT2D eigenvalue weighted by Crippen LogP contribution is -2.17.